The molecule has 0 bridgehead atoms. The van der Waals surface area contributed by atoms with E-state index in [4.69, 9.17) is 11.6 Å². The van der Waals surface area contributed by atoms with Gasteiger partial charge >= 0.3 is 0 Å². The van der Waals surface area contributed by atoms with Crippen molar-refractivity contribution in [2.75, 3.05) is 26.2 Å². The zero-order chi connectivity index (χ0) is 21.8. The summed E-state index contributed by atoms with van der Waals surface area (Å²) in [6.45, 7) is 2.43. The molecule has 0 aromatic heterocycles. The van der Waals surface area contributed by atoms with E-state index >= 15 is 0 Å². The minimum absolute atomic E-state index is 0.00899. The number of hydrogen-bond donors (Lipinski definition) is 0. The lowest BCUT2D eigenvalue weighted by atomic mass is 9.87. The van der Waals surface area contributed by atoms with Crippen LogP contribution >= 0.6 is 11.6 Å². The number of amides is 2. The summed E-state index contributed by atoms with van der Waals surface area (Å²) in [6, 6.07) is 16.3. The van der Waals surface area contributed by atoms with Gasteiger partial charge in [0, 0.05) is 54.2 Å². The third-order valence-corrected chi connectivity index (χ3v) is 6.71. The third-order valence-electron chi connectivity index (χ3n) is 6.46. The molecule has 2 amide bonds. The van der Waals surface area contributed by atoms with Crippen molar-refractivity contribution < 1.29 is 14.4 Å². The molecule has 2 fully saturated rings. The first-order chi connectivity index (χ1) is 15.0. The van der Waals surface area contributed by atoms with Crippen molar-refractivity contribution in [1.82, 2.24) is 9.80 Å². The smallest absolute Gasteiger partial charge is 0.253 e. The zero-order valence-electron chi connectivity index (χ0n) is 17.5. The Balaban J connectivity index is 1.26. The average Bonchev–Trinajstić information content (AvgIpc) is 2.84. The van der Waals surface area contributed by atoms with Crippen LogP contribution in [0.5, 0.6) is 0 Å². The standard InChI is InChI=1S/C25H27ClN2O3/c26-22-8-6-20(7-9-22)24(30)28-16-12-21(13-17-28)25(31)27-14-10-19(11-15-27)23(29)18-4-2-1-3-5-18/h1-9,19,21H,10-17H2. The van der Waals surface area contributed by atoms with Gasteiger partial charge in [0.1, 0.15) is 0 Å². The first-order valence-electron chi connectivity index (χ1n) is 11.0. The first-order valence-corrected chi connectivity index (χ1v) is 11.3. The number of nitrogens with zero attached hydrogens (tertiary/aromatic N) is 2. The van der Waals surface area contributed by atoms with E-state index in [2.05, 4.69) is 0 Å². The molecule has 0 spiro atoms. The van der Waals surface area contributed by atoms with Crippen LogP contribution in [0.25, 0.3) is 0 Å². The van der Waals surface area contributed by atoms with E-state index in [-0.39, 0.29) is 29.4 Å². The van der Waals surface area contributed by atoms with Crippen LogP contribution in [0.1, 0.15) is 46.4 Å². The molecule has 2 aromatic carbocycles. The van der Waals surface area contributed by atoms with Gasteiger partial charge in [0.15, 0.2) is 5.78 Å². The number of ketones is 1. The van der Waals surface area contributed by atoms with Gasteiger partial charge in [-0.1, -0.05) is 41.9 Å². The summed E-state index contributed by atoms with van der Waals surface area (Å²) >= 11 is 5.90. The maximum Gasteiger partial charge on any atom is 0.253 e. The molecular weight excluding hydrogens is 412 g/mol. The van der Waals surface area contributed by atoms with Crippen LogP contribution in [0.3, 0.4) is 0 Å². The topological polar surface area (TPSA) is 57.7 Å². The molecule has 4 rings (SSSR count). The summed E-state index contributed by atoms with van der Waals surface area (Å²) in [5, 5.41) is 0.607. The van der Waals surface area contributed by atoms with E-state index < -0.39 is 0 Å². The Hall–Kier alpha value is -2.66. The summed E-state index contributed by atoms with van der Waals surface area (Å²) in [4.78, 5) is 42.1. The molecular formula is C25H27ClN2O3. The van der Waals surface area contributed by atoms with Gasteiger partial charge < -0.3 is 9.80 Å². The Labute approximate surface area is 188 Å². The largest absolute Gasteiger partial charge is 0.342 e. The molecule has 0 saturated carbocycles. The van der Waals surface area contributed by atoms with E-state index in [1.165, 1.54) is 0 Å². The van der Waals surface area contributed by atoms with Gasteiger partial charge in [-0.25, -0.2) is 0 Å². The van der Waals surface area contributed by atoms with Crippen LogP contribution in [-0.2, 0) is 4.79 Å². The van der Waals surface area contributed by atoms with Crippen molar-refractivity contribution >= 4 is 29.2 Å². The number of likely N-dealkylation sites (tertiary alicyclic amines) is 2. The number of halogens is 1. The van der Waals surface area contributed by atoms with Crippen molar-refractivity contribution in [1.29, 1.82) is 0 Å². The van der Waals surface area contributed by atoms with E-state index in [1.807, 2.05) is 40.1 Å². The Bertz CT molecular complexity index is 929. The Morgan fingerprint density at radius 2 is 1.23 bits per heavy atom. The van der Waals surface area contributed by atoms with E-state index in [0.717, 1.165) is 5.56 Å². The minimum atomic E-state index is -0.0457. The summed E-state index contributed by atoms with van der Waals surface area (Å²) in [5.74, 6) is 0.287. The second-order valence-corrected chi connectivity index (χ2v) is 8.84. The highest BCUT2D eigenvalue weighted by Gasteiger charge is 2.33. The van der Waals surface area contributed by atoms with Gasteiger partial charge in [0.25, 0.3) is 5.91 Å². The van der Waals surface area contributed by atoms with E-state index in [1.54, 1.807) is 24.3 Å². The number of carbonyl (C=O) groups is 3. The second kappa shape index (κ2) is 9.65. The highest BCUT2D eigenvalue weighted by Crippen LogP contribution is 2.26. The van der Waals surface area contributed by atoms with Gasteiger partial charge in [0.2, 0.25) is 5.91 Å². The molecule has 2 aliphatic heterocycles. The molecule has 2 aromatic rings. The summed E-state index contributed by atoms with van der Waals surface area (Å²) in [5.41, 5.74) is 1.38. The van der Waals surface area contributed by atoms with Crippen molar-refractivity contribution in [3.8, 4) is 0 Å². The highest BCUT2D eigenvalue weighted by atomic mass is 35.5. The molecule has 6 heteroatoms. The molecule has 5 nitrogen and oxygen atoms in total. The monoisotopic (exact) mass is 438 g/mol. The molecule has 31 heavy (non-hydrogen) atoms. The summed E-state index contributed by atoms with van der Waals surface area (Å²) in [6.07, 6.45) is 2.79. The molecule has 2 saturated heterocycles. The summed E-state index contributed by atoms with van der Waals surface area (Å²) in [7, 11) is 0. The summed E-state index contributed by atoms with van der Waals surface area (Å²) < 4.78 is 0. The van der Waals surface area contributed by atoms with Crippen LogP contribution in [0, 0.1) is 11.8 Å². The fourth-order valence-corrected chi connectivity index (χ4v) is 4.69. The lowest BCUT2D eigenvalue weighted by molar-refractivity contribution is -0.138. The van der Waals surface area contributed by atoms with Crippen LogP contribution in [0.2, 0.25) is 5.02 Å². The molecule has 2 aliphatic rings. The number of carbonyl (C=O) groups excluding carboxylic acids is 3. The maximum atomic E-state index is 13.0. The highest BCUT2D eigenvalue weighted by molar-refractivity contribution is 6.30. The molecule has 0 radical (unpaired) electrons. The van der Waals surface area contributed by atoms with Crippen LogP contribution < -0.4 is 0 Å². The Morgan fingerprint density at radius 3 is 1.84 bits per heavy atom. The van der Waals surface area contributed by atoms with E-state index in [9.17, 15) is 14.4 Å². The van der Waals surface area contributed by atoms with Crippen molar-refractivity contribution in [2.24, 2.45) is 11.8 Å². The van der Waals surface area contributed by atoms with Crippen molar-refractivity contribution in [3.05, 3.63) is 70.7 Å². The zero-order valence-corrected chi connectivity index (χ0v) is 18.3. The van der Waals surface area contributed by atoms with Gasteiger partial charge in [0.05, 0.1) is 0 Å². The van der Waals surface area contributed by atoms with Gasteiger partial charge in [-0.2, -0.15) is 0 Å². The van der Waals surface area contributed by atoms with Gasteiger partial charge in [-0.15, -0.1) is 0 Å². The van der Waals surface area contributed by atoms with Crippen LogP contribution in [0.4, 0.5) is 0 Å². The number of piperidine rings is 2. The van der Waals surface area contributed by atoms with E-state index in [0.29, 0.717) is 62.4 Å². The molecule has 162 valence electrons. The predicted molar refractivity (Wildman–Crippen MR) is 120 cm³/mol. The SMILES string of the molecule is O=C(c1ccccc1)C1CCN(C(=O)C2CCN(C(=O)c3ccc(Cl)cc3)CC2)CC1. The number of benzene rings is 2. The lowest BCUT2D eigenvalue weighted by Crippen LogP contribution is -2.47. The molecule has 0 atom stereocenters. The molecule has 0 unspecified atom stereocenters. The fourth-order valence-electron chi connectivity index (χ4n) is 4.56. The predicted octanol–water partition coefficient (Wildman–Crippen LogP) is 4.31. The second-order valence-electron chi connectivity index (χ2n) is 8.40. The minimum Gasteiger partial charge on any atom is -0.342 e. The quantitative estimate of drug-likeness (QED) is 0.668. The van der Waals surface area contributed by atoms with Crippen molar-refractivity contribution in [2.45, 2.75) is 25.7 Å². The van der Waals surface area contributed by atoms with Crippen molar-refractivity contribution in [3.63, 3.8) is 0 Å². The third kappa shape index (κ3) is 4.99. The number of Topliss-reactive ketones (excluding diaryl/α,β-unsaturated/α-hetero) is 1. The van der Waals surface area contributed by atoms with Crippen LogP contribution in [0.15, 0.2) is 54.6 Å². The fraction of sp³-hybridized carbons (Fsp3) is 0.400. The number of rotatable bonds is 4. The Kier molecular flexibility index (Phi) is 6.71. The van der Waals surface area contributed by atoms with Gasteiger partial charge in [-0.3, -0.25) is 14.4 Å². The molecule has 2 heterocycles. The molecule has 0 N–H and O–H groups in total. The number of hydrogen-bond acceptors (Lipinski definition) is 3. The van der Waals surface area contributed by atoms with Crippen LogP contribution in [-0.4, -0.2) is 53.6 Å². The Morgan fingerprint density at radius 1 is 0.677 bits per heavy atom. The average molecular weight is 439 g/mol. The first kappa shape index (κ1) is 21.6. The normalized spacial score (nSPS) is 18.1. The maximum absolute atomic E-state index is 13.0. The molecule has 0 aliphatic carbocycles. The van der Waals surface area contributed by atoms with Gasteiger partial charge in [-0.05, 0) is 49.9 Å². The lowest BCUT2D eigenvalue weighted by Gasteiger charge is -2.37.